The molecular formula is C11H20N4O3S. The number of rotatable bonds is 8. The quantitative estimate of drug-likeness (QED) is 0.728. The van der Waals surface area contributed by atoms with Crippen molar-refractivity contribution in [2.75, 3.05) is 25.6 Å². The molecule has 0 aliphatic carbocycles. The van der Waals surface area contributed by atoms with E-state index in [1.54, 1.807) is 0 Å². The molecule has 2 N–H and O–H groups in total. The van der Waals surface area contributed by atoms with Crippen LogP contribution in [0.4, 0.5) is 5.95 Å². The van der Waals surface area contributed by atoms with E-state index in [0.717, 1.165) is 0 Å². The van der Waals surface area contributed by atoms with Gasteiger partial charge in [-0.2, -0.15) is 0 Å². The number of nitrogens with zero attached hydrogens (tertiary/aromatic N) is 2. The molecule has 19 heavy (non-hydrogen) atoms. The maximum Gasteiger partial charge on any atom is 0.243 e. The van der Waals surface area contributed by atoms with E-state index in [1.807, 2.05) is 13.8 Å². The van der Waals surface area contributed by atoms with Crippen LogP contribution in [-0.2, 0) is 14.8 Å². The van der Waals surface area contributed by atoms with Gasteiger partial charge >= 0.3 is 0 Å². The van der Waals surface area contributed by atoms with E-state index in [-0.39, 0.29) is 10.9 Å². The lowest BCUT2D eigenvalue weighted by Gasteiger charge is -2.15. The first kappa shape index (κ1) is 15.8. The summed E-state index contributed by atoms with van der Waals surface area (Å²) in [5, 5.41) is 2.90. The number of methoxy groups -OCH3 is 1. The van der Waals surface area contributed by atoms with Crippen molar-refractivity contribution in [1.82, 2.24) is 14.7 Å². The second-order valence-electron chi connectivity index (χ2n) is 3.95. The predicted octanol–water partition coefficient (Wildman–Crippen LogP) is 0.612. The van der Waals surface area contributed by atoms with Crippen LogP contribution in [0.5, 0.6) is 0 Å². The highest BCUT2D eigenvalue weighted by molar-refractivity contribution is 7.89. The molecule has 8 heteroatoms. The van der Waals surface area contributed by atoms with Crippen molar-refractivity contribution < 1.29 is 13.2 Å². The normalized spacial score (nSPS) is 13.2. The number of sulfonamides is 1. The minimum atomic E-state index is -3.61. The van der Waals surface area contributed by atoms with Crippen LogP contribution in [0.15, 0.2) is 17.3 Å². The third kappa shape index (κ3) is 4.73. The predicted molar refractivity (Wildman–Crippen MR) is 72.5 cm³/mol. The Hall–Kier alpha value is -1.25. The molecule has 0 spiro atoms. The molecule has 1 atom stereocenters. The van der Waals surface area contributed by atoms with Crippen LogP contribution in [0.1, 0.15) is 20.3 Å². The summed E-state index contributed by atoms with van der Waals surface area (Å²) in [7, 11) is -2.08. The molecule has 0 aromatic carbocycles. The van der Waals surface area contributed by atoms with Crippen LogP contribution in [0, 0.1) is 0 Å². The van der Waals surface area contributed by atoms with E-state index >= 15 is 0 Å². The smallest absolute Gasteiger partial charge is 0.243 e. The summed E-state index contributed by atoms with van der Waals surface area (Å²) in [5.41, 5.74) is 0. The first-order valence-corrected chi connectivity index (χ1v) is 7.59. The average molecular weight is 288 g/mol. The summed E-state index contributed by atoms with van der Waals surface area (Å²) in [4.78, 5) is 7.93. The fourth-order valence-electron chi connectivity index (χ4n) is 1.43. The Kier molecular flexibility index (Phi) is 6.13. The Morgan fingerprint density at radius 3 is 2.42 bits per heavy atom. The molecule has 0 aliphatic rings. The summed E-state index contributed by atoms with van der Waals surface area (Å²) in [5.74, 6) is 0.408. The Balaban J connectivity index is 2.81. The summed E-state index contributed by atoms with van der Waals surface area (Å²) < 4.78 is 31.7. The molecule has 0 bridgehead atoms. The van der Waals surface area contributed by atoms with E-state index in [9.17, 15) is 8.42 Å². The van der Waals surface area contributed by atoms with E-state index < -0.39 is 10.0 Å². The van der Waals surface area contributed by atoms with Gasteiger partial charge in [0, 0.05) is 19.7 Å². The van der Waals surface area contributed by atoms with Crippen molar-refractivity contribution in [2.45, 2.75) is 31.2 Å². The molecule has 1 rings (SSSR count). The second kappa shape index (κ2) is 7.37. The van der Waals surface area contributed by atoms with Crippen LogP contribution in [0.3, 0.4) is 0 Å². The molecule has 0 aliphatic heterocycles. The van der Waals surface area contributed by atoms with Crippen molar-refractivity contribution >= 4 is 16.0 Å². The number of aromatic nitrogens is 2. The molecule has 1 heterocycles. The summed E-state index contributed by atoms with van der Waals surface area (Å²) in [6, 6.07) is -0.261. The van der Waals surface area contributed by atoms with Crippen LogP contribution >= 0.6 is 0 Å². The first-order valence-electron chi connectivity index (χ1n) is 6.10. The van der Waals surface area contributed by atoms with Gasteiger partial charge < -0.3 is 10.1 Å². The Morgan fingerprint density at radius 1 is 1.32 bits per heavy atom. The second-order valence-corrected chi connectivity index (χ2v) is 5.67. The van der Waals surface area contributed by atoms with Crippen LogP contribution < -0.4 is 10.0 Å². The zero-order valence-corrected chi connectivity index (χ0v) is 12.2. The van der Waals surface area contributed by atoms with Gasteiger partial charge in [0.15, 0.2) is 0 Å². The number of ether oxygens (including phenoxy) is 1. The molecule has 0 amide bonds. The first-order chi connectivity index (χ1) is 9.03. The third-order valence-electron chi connectivity index (χ3n) is 2.46. The van der Waals surface area contributed by atoms with Crippen molar-refractivity contribution in [1.29, 1.82) is 0 Å². The van der Waals surface area contributed by atoms with E-state index in [0.29, 0.717) is 25.5 Å². The minimum absolute atomic E-state index is 0.0451. The number of anilines is 1. The Morgan fingerprint density at radius 2 is 1.95 bits per heavy atom. The van der Waals surface area contributed by atoms with Crippen LogP contribution in [0.25, 0.3) is 0 Å². The molecule has 0 radical (unpaired) electrons. The summed E-state index contributed by atoms with van der Waals surface area (Å²) in [6.45, 7) is 4.80. The molecule has 1 aromatic heterocycles. The maximum absolute atomic E-state index is 12.1. The summed E-state index contributed by atoms with van der Waals surface area (Å²) >= 11 is 0. The van der Waals surface area contributed by atoms with Gasteiger partial charge in [-0.05, 0) is 13.3 Å². The largest absolute Gasteiger partial charge is 0.383 e. The standard InChI is InChI=1S/C11H20N4O3S/c1-4-9(8-18-3)15-19(16,17)10-6-13-11(12-5-2)14-7-10/h6-7,9,15H,4-5,8H2,1-3H3,(H,12,13,14). The van der Waals surface area contributed by atoms with E-state index in [2.05, 4.69) is 20.0 Å². The van der Waals surface area contributed by atoms with Crippen molar-refractivity contribution in [3.63, 3.8) is 0 Å². The van der Waals surface area contributed by atoms with Crippen molar-refractivity contribution in [3.8, 4) is 0 Å². The van der Waals surface area contributed by atoms with Gasteiger partial charge in [-0.25, -0.2) is 23.1 Å². The molecule has 108 valence electrons. The van der Waals surface area contributed by atoms with Crippen LogP contribution in [-0.4, -0.2) is 44.7 Å². The number of hydrogen-bond donors (Lipinski definition) is 2. The maximum atomic E-state index is 12.1. The third-order valence-corrected chi connectivity index (χ3v) is 3.93. The molecule has 0 fully saturated rings. The minimum Gasteiger partial charge on any atom is -0.383 e. The highest BCUT2D eigenvalue weighted by Gasteiger charge is 2.19. The van der Waals surface area contributed by atoms with Crippen LogP contribution in [0.2, 0.25) is 0 Å². The Bertz CT molecular complexity index is 475. The lowest BCUT2D eigenvalue weighted by atomic mass is 10.3. The van der Waals surface area contributed by atoms with Gasteiger partial charge in [-0.1, -0.05) is 6.92 Å². The van der Waals surface area contributed by atoms with E-state index in [4.69, 9.17) is 4.74 Å². The van der Waals surface area contributed by atoms with Gasteiger partial charge in [0.25, 0.3) is 0 Å². The zero-order valence-electron chi connectivity index (χ0n) is 11.4. The monoisotopic (exact) mass is 288 g/mol. The fraction of sp³-hybridized carbons (Fsp3) is 0.636. The van der Waals surface area contributed by atoms with Gasteiger partial charge in [0.2, 0.25) is 16.0 Å². The van der Waals surface area contributed by atoms with Gasteiger partial charge in [-0.3, -0.25) is 0 Å². The van der Waals surface area contributed by atoms with E-state index in [1.165, 1.54) is 19.5 Å². The highest BCUT2D eigenvalue weighted by Crippen LogP contribution is 2.09. The Labute approximate surface area is 113 Å². The number of nitrogens with one attached hydrogen (secondary N) is 2. The number of hydrogen-bond acceptors (Lipinski definition) is 6. The van der Waals surface area contributed by atoms with Crippen molar-refractivity contribution in [2.24, 2.45) is 0 Å². The topological polar surface area (TPSA) is 93.2 Å². The van der Waals surface area contributed by atoms with Gasteiger partial charge in [-0.15, -0.1) is 0 Å². The zero-order chi connectivity index (χ0) is 14.3. The molecule has 0 saturated carbocycles. The van der Waals surface area contributed by atoms with Gasteiger partial charge in [0.1, 0.15) is 4.90 Å². The highest BCUT2D eigenvalue weighted by atomic mass is 32.2. The lowest BCUT2D eigenvalue weighted by molar-refractivity contribution is 0.173. The van der Waals surface area contributed by atoms with Gasteiger partial charge in [0.05, 0.1) is 19.0 Å². The fourth-order valence-corrected chi connectivity index (χ4v) is 2.62. The summed E-state index contributed by atoms with van der Waals surface area (Å²) in [6.07, 6.45) is 3.21. The molecule has 1 aromatic rings. The molecule has 1 unspecified atom stereocenters. The molecular weight excluding hydrogens is 268 g/mol. The SMILES string of the molecule is CCNc1ncc(S(=O)(=O)NC(CC)COC)cn1. The molecule has 0 saturated heterocycles. The lowest BCUT2D eigenvalue weighted by Crippen LogP contribution is -2.37. The van der Waals surface area contributed by atoms with Crippen molar-refractivity contribution in [3.05, 3.63) is 12.4 Å². The molecule has 7 nitrogen and oxygen atoms in total. The average Bonchev–Trinajstić information content (AvgIpc) is 2.39.